The van der Waals surface area contributed by atoms with Gasteiger partial charge in [0.2, 0.25) is 5.91 Å². The lowest BCUT2D eigenvalue weighted by atomic mass is 9.99. The van der Waals surface area contributed by atoms with Gasteiger partial charge in [-0.1, -0.05) is 133 Å². The van der Waals surface area contributed by atoms with E-state index >= 15 is 0 Å². The Morgan fingerprint density at radius 1 is 0.625 bits per heavy atom. The second-order valence-electron chi connectivity index (χ2n) is 12.6. The molecule has 244 valence electrons. The van der Waals surface area contributed by atoms with Crippen LogP contribution in [0.5, 0.6) is 5.75 Å². The zero-order valence-corrected chi connectivity index (χ0v) is 27.7. The van der Waals surface area contributed by atoms with Gasteiger partial charge in [0.15, 0.2) is 0 Å². The van der Waals surface area contributed by atoms with E-state index in [1.807, 2.05) is 166 Å². The molecule has 5 aromatic rings. The van der Waals surface area contributed by atoms with Gasteiger partial charge in [0, 0.05) is 24.0 Å². The predicted molar refractivity (Wildman–Crippen MR) is 191 cm³/mol. The van der Waals surface area contributed by atoms with Gasteiger partial charge >= 0.3 is 5.97 Å². The summed E-state index contributed by atoms with van der Waals surface area (Å²) in [5, 5.41) is 3.03. The van der Waals surface area contributed by atoms with Crippen molar-refractivity contribution in [2.45, 2.75) is 57.9 Å². The number of carbonyl (C=O) groups is 2. The molecule has 0 aromatic heterocycles. The summed E-state index contributed by atoms with van der Waals surface area (Å²) in [5.41, 5.74) is 4.65. The predicted octanol–water partition coefficient (Wildman–Crippen LogP) is 7.78. The van der Waals surface area contributed by atoms with Gasteiger partial charge in [0.1, 0.15) is 30.0 Å². The van der Waals surface area contributed by atoms with E-state index in [0.29, 0.717) is 24.5 Å². The molecule has 1 amide bonds. The standard InChI is InChI=1S/C42H42N2O4/c1-42(2,3)48-41(46)38(29-32-24-26-36(27-25-32)47-30-33-18-10-5-11-19-33)44-40(45)37(28-31-16-8-4-9-17-31)43-39(34-20-12-6-13-21-34)35-22-14-7-15-23-35/h4-27,37-38H,28-30H2,1-3H3,(H,44,45)/t37-,38+/m1/s1. The van der Waals surface area contributed by atoms with Gasteiger partial charge in [-0.25, -0.2) is 4.79 Å². The molecule has 0 heterocycles. The number of rotatable bonds is 13. The first-order valence-electron chi connectivity index (χ1n) is 16.2. The second-order valence-corrected chi connectivity index (χ2v) is 12.6. The molecule has 0 bridgehead atoms. The highest BCUT2D eigenvalue weighted by Gasteiger charge is 2.30. The summed E-state index contributed by atoms with van der Waals surface area (Å²) in [5.74, 6) is -0.150. The fourth-order valence-electron chi connectivity index (χ4n) is 5.23. The Hall–Kier alpha value is -5.49. The van der Waals surface area contributed by atoms with Gasteiger partial charge in [-0.2, -0.15) is 0 Å². The van der Waals surface area contributed by atoms with E-state index in [2.05, 4.69) is 5.32 Å². The molecule has 0 aliphatic carbocycles. The van der Waals surface area contributed by atoms with E-state index in [1.165, 1.54) is 0 Å². The van der Waals surface area contributed by atoms with Crippen molar-refractivity contribution in [3.05, 3.63) is 173 Å². The van der Waals surface area contributed by atoms with Crippen LogP contribution in [0.2, 0.25) is 0 Å². The highest BCUT2D eigenvalue weighted by Crippen LogP contribution is 2.19. The Morgan fingerprint density at radius 3 is 1.62 bits per heavy atom. The number of carbonyl (C=O) groups excluding carboxylic acids is 2. The smallest absolute Gasteiger partial charge is 0.329 e. The normalized spacial score (nSPS) is 12.3. The van der Waals surface area contributed by atoms with Crippen LogP contribution in [0.3, 0.4) is 0 Å². The fourth-order valence-corrected chi connectivity index (χ4v) is 5.23. The summed E-state index contributed by atoms with van der Waals surface area (Å²) >= 11 is 0. The molecular formula is C42H42N2O4. The molecule has 0 saturated carbocycles. The van der Waals surface area contributed by atoms with Crippen LogP contribution in [0.4, 0.5) is 0 Å². The minimum absolute atomic E-state index is 0.242. The first kappa shape index (κ1) is 33.9. The van der Waals surface area contributed by atoms with Crippen molar-refractivity contribution in [3.8, 4) is 5.75 Å². The van der Waals surface area contributed by atoms with Crippen molar-refractivity contribution in [2.24, 2.45) is 4.99 Å². The summed E-state index contributed by atoms with van der Waals surface area (Å²) in [6.07, 6.45) is 0.593. The molecular weight excluding hydrogens is 596 g/mol. The molecule has 0 spiro atoms. The lowest BCUT2D eigenvalue weighted by molar-refractivity contribution is -0.158. The van der Waals surface area contributed by atoms with Crippen LogP contribution < -0.4 is 10.1 Å². The van der Waals surface area contributed by atoms with E-state index in [0.717, 1.165) is 27.8 Å². The van der Waals surface area contributed by atoms with E-state index in [9.17, 15) is 9.59 Å². The number of benzene rings is 5. The van der Waals surface area contributed by atoms with Crippen LogP contribution in [0.1, 0.15) is 48.6 Å². The highest BCUT2D eigenvalue weighted by molar-refractivity contribution is 6.13. The van der Waals surface area contributed by atoms with Crippen LogP contribution in [0.15, 0.2) is 151 Å². The molecule has 0 aliphatic heterocycles. The van der Waals surface area contributed by atoms with Crippen molar-refractivity contribution in [3.63, 3.8) is 0 Å². The first-order valence-corrected chi connectivity index (χ1v) is 16.2. The third-order valence-electron chi connectivity index (χ3n) is 7.57. The quantitative estimate of drug-likeness (QED) is 0.106. The molecule has 2 atom stereocenters. The molecule has 5 rings (SSSR count). The summed E-state index contributed by atoms with van der Waals surface area (Å²) in [6.45, 7) is 5.90. The molecule has 1 N–H and O–H groups in total. The van der Waals surface area contributed by atoms with E-state index < -0.39 is 23.7 Å². The molecule has 5 aromatic carbocycles. The van der Waals surface area contributed by atoms with Gasteiger partial charge < -0.3 is 14.8 Å². The molecule has 6 heteroatoms. The molecule has 6 nitrogen and oxygen atoms in total. The van der Waals surface area contributed by atoms with E-state index in [1.54, 1.807) is 0 Å². The summed E-state index contributed by atoms with van der Waals surface area (Å²) in [4.78, 5) is 32.9. The van der Waals surface area contributed by atoms with Crippen LogP contribution in [0.25, 0.3) is 0 Å². The summed E-state index contributed by atoms with van der Waals surface area (Å²) < 4.78 is 11.7. The molecule has 0 saturated heterocycles. The Morgan fingerprint density at radius 2 is 1.10 bits per heavy atom. The van der Waals surface area contributed by atoms with Gasteiger partial charge in [-0.3, -0.25) is 9.79 Å². The van der Waals surface area contributed by atoms with Crippen molar-refractivity contribution < 1.29 is 19.1 Å². The largest absolute Gasteiger partial charge is 0.489 e. The van der Waals surface area contributed by atoms with Crippen LogP contribution in [-0.2, 0) is 33.8 Å². The lowest BCUT2D eigenvalue weighted by Gasteiger charge is -2.26. The Balaban J connectivity index is 1.42. The van der Waals surface area contributed by atoms with Crippen molar-refractivity contribution >= 4 is 17.6 Å². The van der Waals surface area contributed by atoms with Gasteiger partial charge in [0.05, 0.1) is 5.71 Å². The maximum atomic E-state index is 14.2. The molecule has 0 aliphatic rings. The fraction of sp³-hybridized carbons (Fsp3) is 0.214. The number of nitrogens with one attached hydrogen (secondary N) is 1. The molecule has 0 unspecified atom stereocenters. The average Bonchev–Trinajstić information content (AvgIpc) is 3.10. The minimum Gasteiger partial charge on any atom is -0.489 e. The average molecular weight is 639 g/mol. The maximum Gasteiger partial charge on any atom is 0.329 e. The number of nitrogens with zero attached hydrogens (tertiary/aromatic N) is 1. The molecule has 0 fully saturated rings. The topological polar surface area (TPSA) is 77.0 Å². The van der Waals surface area contributed by atoms with Gasteiger partial charge in [0.25, 0.3) is 0 Å². The SMILES string of the molecule is CC(C)(C)OC(=O)[C@H](Cc1ccc(OCc2ccccc2)cc1)NC(=O)[C@@H](Cc1ccccc1)N=C(c1ccccc1)c1ccccc1. The van der Waals surface area contributed by atoms with Crippen LogP contribution >= 0.6 is 0 Å². The van der Waals surface area contributed by atoms with Crippen LogP contribution in [-0.4, -0.2) is 35.3 Å². The first-order chi connectivity index (χ1) is 23.2. The third-order valence-corrected chi connectivity index (χ3v) is 7.57. The van der Waals surface area contributed by atoms with Crippen molar-refractivity contribution in [2.75, 3.05) is 0 Å². The van der Waals surface area contributed by atoms with Crippen LogP contribution in [0, 0.1) is 0 Å². The number of amides is 1. The van der Waals surface area contributed by atoms with Gasteiger partial charge in [-0.15, -0.1) is 0 Å². The zero-order valence-electron chi connectivity index (χ0n) is 27.7. The summed E-state index contributed by atoms with van der Waals surface area (Å²) in [7, 11) is 0. The van der Waals surface area contributed by atoms with E-state index in [-0.39, 0.29) is 12.3 Å². The van der Waals surface area contributed by atoms with Gasteiger partial charge in [-0.05, 0) is 49.6 Å². The number of esters is 1. The second kappa shape index (κ2) is 16.4. The molecule has 48 heavy (non-hydrogen) atoms. The number of ether oxygens (including phenoxy) is 2. The molecule has 0 radical (unpaired) electrons. The number of hydrogen-bond donors (Lipinski definition) is 1. The monoisotopic (exact) mass is 638 g/mol. The third kappa shape index (κ3) is 10.3. The summed E-state index contributed by atoms with van der Waals surface area (Å²) in [6, 6.07) is 45.2. The Kier molecular flexibility index (Phi) is 11.5. The Bertz CT molecular complexity index is 1730. The Labute approximate surface area is 283 Å². The van der Waals surface area contributed by atoms with Crippen molar-refractivity contribution in [1.29, 1.82) is 0 Å². The number of aliphatic imine (C=N–C) groups is 1. The lowest BCUT2D eigenvalue weighted by Crippen LogP contribution is -2.49. The zero-order chi connectivity index (χ0) is 33.8. The van der Waals surface area contributed by atoms with Crippen molar-refractivity contribution in [1.82, 2.24) is 5.32 Å². The minimum atomic E-state index is -0.932. The highest BCUT2D eigenvalue weighted by atomic mass is 16.6. The maximum absolute atomic E-state index is 14.2. The van der Waals surface area contributed by atoms with E-state index in [4.69, 9.17) is 14.5 Å². The number of hydrogen-bond acceptors (Lipinski definition) is 5.